The molecule has 1 heterocycles. The zero-order chi connectivity index (χ0) is 15.1. The van der Waals surface area contributed by atoms with Gasteiger partial charge in [0.1, 0.15) is 27.0 Å². The van der Waals surface area contributed by atoms with Crippen LogP contribution in [0.15, 0.2) is 0 Å². The molecule has 0 unspecified atom stereocenters. The summed E-state index contributed by atoms with van der Waals surface area (Å²) in [5.41, 5.74) is 3.42. The smallest absolute Gasteiger partial charge is 0.396 e. The molecular weight excluding hydrogens is 293 g/mol. The fourth-order valence-corrected chi connectivity index (χ4v) is 2.86. The number of carbonyl (C=O) groups is 1. The molecule has 0 aliphatic heterocycles. The minimum absolute atomic E-state index is 0.0153. The van der Waals surface area contributed by atoms with Crippen molar-refractivity contribution in [2.75, 3.05) is 18.1 Å². The number of nitriles is 1. The van der Waals surface area contributed by atoms with Crippen molar-refractivity contribution in [1.82, 2.24) is 5.32 Å². The van der Waals surface area contributed by atoms with Gasteiger partial charge in [-0.3, -0.25) is 4.79 Å². The molecule has 108 valence electrons. The van der Waals surface area contributed by atoms with Crippen molar-refractivity contribution in [3.63, 3.8) is 0 Å². The minimum Gasteiger partial charge on any atom is -0.396 e. The fourth-order valence-electron chi connectivity index (χ4n) is 1.75. The Morgan fingerprint density at radius 3 is 2.50 bits per heavy atom. The average molecular weight is 304 g/mol. The Morgan fingerprint density at radius 2 is 2.10 bits per heavy atom. The molecule has 1 aromatic heterocycles. The van der Waals surface area contributed by atoms with Gasteiger partial charge in [-0.2, -0.15) is 18.4 Å². The lowest BCUT2D eigenvalue weighted by molar-refractivity contribution is -0.151. The Bertz CT molecular complexity index is 598. The average Bonchev–Trinajstić information content (AvgIpc) is 3.09. The Hall–Kier alpha value is -1.95. The molecule has 20 heavy (non-hydrogen) atoms. The molecule has 1 fully saturated rings. The van der Waals surface area contributed by atoms with Crippen molar-refractivity contribution in [3.8, 4) is 6.07 Å². The lowest BCUT2D eigenvalue weighted by atomic mass is 10.2. The monoisotopic (exact) mass is 304 g/mol. The summed E-state index contributed by atoms with van der Waals surface area (Å²) in [4.78, 5) is 11.6. The highest BCUT2D eigenvalue weighted by atomic mass is 32.1. The van der Waals surface area contributed by atoms with E-state index in [4.69, 9.17) is 11.0 Å². The molecule has 0 aromatic carbocycles. The van der Waals surface area contributed by atoms with Gasteiger partial charge in [0, 0.05) is 7.05 Å². The molecule has 4 N–H and O–H groups in total. The molecule has 5 nitrogen and oxygen atoms in total. The molecule has 0 radical (unpaired) electrons. The highest BCUT2D eigenvalue weighted by molar-refractivity contribution is 7.19. The van der Waals surface area contributed by atoms with Crippen molar-refractivity contribution in [1.29, 1.82) is 5.26 Å². The number of nitrogens with two attached hydrogens (primary N) is 1. The standard InChI is InChI=1S/C11H11F3N4OS/c1-17-8(19)7-6(16)5(4-15)9(20-7)18-10(2-3-10)11(12,13)14/h18H,2-3,16H2,1H3,(H,17,19). The Morgan fingerprint density at radius 1 is 1.50 bits per heavy atom. The van der Waals surface area contributed by atoms with Crippen LogP contribution in [0.25, 0.3) is 0 Å². The van der Waals surface area contributed by atoms with E-state index in [1.165, 1.54) is 7.05 Å². The van der Waals surface area contributed by atoms with Crippen LogP contribution in [0.4, 0.5) is 23.9 Å². The first-order valence-corrected chi connectivity index (χ1v) is 6.47. The fraction of sp³-hybridized carbons (Fsp3) is 0.455. The number of thiophene rings is 1. The Kier molecular flexibility index (Phi) is 3.29. The van der Waals surface area contributed by atoms with E-state index in [1.54, 1.807) is 6.07 Å². The Labute approximate surface area is 116 Å². The van der Waals surface area contributed by atoms with Gasteiger partial charge in [0.15, 0.2) is 0 Å². The van der Waals surface area contributed by atoms with E-state index in [0.717, 1.165) is 11.3 Å². The topological polar surface area (TPSA) is 90.9 Å². The van der Waals surface area contributed by atoms with E-state index in [2.05, 4.69) is 10.6 Å². The molecular formula is C11H11F3N4OS. The molecule has 9 heteroatoms. The van der Waals surface area contributed by atoms with E-state index < -0.39 is 17.6 Å². The van der Waals surface area contributed by atoms with E-state index in [1.807, 2.05) is 0 Å². The molecule has 0 bridgehead atoms. The van der Waals surface area contributed by atoms with E-state index in [9.17, 15) is 18.0 Å². The lowest BCUT2D eigenvalue weighted by Gasteiger charge is -2.20. The highest BCUT2D eigenvalue weighted by Crippen LogP contribution is 2.52. The zero-order valence-electron chi connectivity index (χ0n) is 10.4. The van der Waals surface area contributed by atoms with Crippen LogP contribution in [0.5, 0.6) is 0 Å². The number of hydrogen-bond acceptors (Lipinski definition) is 5. The molecule has 0 saturated heterocycles. The minimum atomic E-state index is -4.41. The van der Waals surface area contributed by atoms with Crippen molar-refractivity contribution in [2.45, 2.75) is 24.6 Å². The van der Waals surface area contributed by atoms with Gasteiger partial charge in [-0.1, -0.05) is 0 Å². The van der Waals surface area contributed by atoms with Gasteiger partial charge in [0.2, 0.25) is 0 Å². The number of alkyl halides is 3. The van der Waals surface area contributed by atoms with Crippen LogP contribution in [0, 0.1) is 11.3 Å². The summed E-state index contributed by atoms with van der Waals surface area (Å²) in [5.74, 6) is -0.533. The number of anilines is 2. The maximum atomic E-state index is 12.9. The summed E-state index contributed by atoms with van der Waals surface area (Å²) in [6.45, 7) is 0. The first-order chi connectivity index (χ1) is 9.25. The van der Waals surface area contributed by atoms with Crippen LogP contribution in [-0.4, -0.2) is 24.7 Å². The molecule has 1 aromatic rings. The van der Waals surface area contributed by atoms with Gasteiger partial charge < -0.3 is 16.4 Å². The van der Waals surface area contributed by atoms with Gasteiger partial charge in [-0.15, -0.1) is 11.3 Å². The normalized spacial score (nSPS) is 16.4. The van der Waals surface area contributed by atoms with Crippen molar-refractivity contribution < 1.29 is 18.0 Å². The maximum absolute atomic E-state index is 12.9. The van der Waals surface area contributed by atoms with Crippen molar-refractivity contribution in [3.05, 3.63) is 10.4 Å². The summed E-state index contributed by atoms with van der Waals surface area (Å²) >= 11 is 0.756. The molecule has 0 spiro atoms. The number of carbonyl (C=O) groups excluding carboxylic acids is 1. The van der Waals surface area contributed by atoms with E-state index in [0.29, 0.717) is 0 Å². The zero-order valence-corrected chi connectivity index (χ0v) is 11.2. The van der Waals surface area contributed by atoms with Gasteiger partial charge in [-0.05, 0) is 12.8 Å². The summed E-state index contributed by atoms with van der Waals surface area (Å²) in [6.07, 6.45) is -4.53. The number of amides is 1. The molecule has 1 saturated carbocycles. The summed E-state index contributed by atoms with van der Waals surface area (Å²) in [7, 11) is 1.37. The van der Waals surface area contributed by atoms with Gasteiger partial charge in [0.05, 0.1) is 5.69 Å². The molecule has 0 atom stereocenters. The van der Waals surface area contributed by atoms with E-state index >= 15 is 0 Å². The van der Waals surface area contributed by atoms with Crippen molar-refractivity contribution >= 4 is 27.9 Å². The first kappa shape index (κ1) is 14.5. The van der Waals surface area contributed by atoms with E-state index in [-0.39, 0.29) is 34.0 Å². The summed E-state index contributed by atoms with van der Waals surface area (Å²) < 4.78 is 38.7. The van der Waals surface area contributed by atoms with Crippen LogP contribution in [0.3, 0.4) is 0 Å². The third-order valence-electron chi connectivity index (χ3n) is 3.14. The second-order valence-corrected chi connectivity index (χ2v) is 5.47. The predicted molar refractivity (Wildman–Crippen MR) is 68.5 cm³/mol. The molecule has 1 aliphatic rings. The van der Waals surface area contributed by atoms with Crippen LogP contribution < -0.4 is 16.4 Å². The number of halogens is 3. The maximum Gasteiger partial charge on any atom is 0.411 e. The van der Waals surface area contributed by atoms with Gasteiger partial charge in [-0.25, -0.2) is 0 Å². The second kappa shape index (κ2) is 4.56. The van der Waals surface area contributed by atoms with Crippen LogP contribution in [0.1, 0.15) is 28.1 Å². The van der Waals surface area contributed by atoms with Gasteiger partial charge >= 0.3 is 6.18 Å². The third kappa shape index (κ3) is 2.16. The second-order valence-electron chi connectivity index (χ2n) is 4.44. The lowest BCUT2D eigenvalue weighted by Crippen LogP contribution is -2.38. The van der Waals surface area contributed by atoms with Crippen LogP contribution in [-0.2, 0) is 0 Å². The Balaban J connectivity index is 2.39. The summed E-state index contributed by atoms with van der Waals surface area (Å²) in [6, 6.07) is 1.74. The van der Waals surface area contributed by atoms with Crippen LogP contribution >= 0.6 is 11.3 Å². The number of hydrogen-bond donors (Lipinski definition) is 3. The molecule has 2 rings (SSSR count). The number of nitrogens with zero attached hydrogens (tertiary/aromatic N) is 1. The SMILES string of the molecule is CNC(=O)c1sc(NC2(C(F)(F)F)CC2)c(C#N)c1N. The van der Waals surface area contributed by atoms with Crippen LogP contribution in [0.2, 0.25) is 0 Å². The van der Waals surface area contributed by atoms with Crippen molar-refractivity contribution in [2.24, 2.45) is 0 Å². The quantitative estimate of drug-likeness (QED) is 0.797. The molecule has 1 aliphatic carbocycles. The van der Waals surface area contributed by atoms with Gasteiger partial charge in [0.25, 0.3) is 5.91 Å². The number of nitrogen functional groups attached to an aromatic ring is 1. The first-order valence-electron chi connectivity index (χ1n) is 5.65. The predicted octanol–water partition coefficient (Wildman–Crippen LogP) is 2.07. The molecule has 1 amide bonds. The summed E-state index contributed by atoms with van der Waals surface area (Å²) in [5, 5.41) is 13.7. The number of rotatable bonds is 3. The largest absolute Gasteiger partial charge is 0.411 e. The third-order valence-corrected chi connectivity index (χ3v) is 4.26. The number of nitrogens with one attached hydrogen (secondary N) is 2. The highest BCUT2D eigenvalue weighted by Gasteiger charge is 2.64.